The molecule has 0 saturated heterocycles. The molecule has 20 heavy (non-hydrogen) atoms. The number of nitrogens with one attached hydrogen (secondary N) is 1. The average molecular weight is 313 g/mol. The predicted molar refractivity (Wildman–Crippen MR) is 85.2 cm³/mol. The van der Waals surface area contributed by atoms with Crippen molar-refractivity contribution in [2.75, 3.05) is 17.8 Å². The molecule has 0 bridgehead atoms. The highest BCUT2D eigenvalue weighted by Gasteiger charge is 2.18. The number of carbonyl (C=O) groups excluding carboxylic acids is 1. The smallest absolute Gasteiger partial charge is 0.326 e. The Morgan fingerprint density at radius 2 is 2.00 bits per heavy atom. The number of amides is 1. The molecule has 0 spiro atoms. The van der Waals surface area contributed by atoms with Crippen molar-refractivity contribution >= 4 is 35.4 Å². The van der Waals surface area contributed by atoms with Crippen LogP contribution in [0.3, 0.4) is 0 Å². The molecule has 1 aromatic carbocycles. The molecule has 0 aliphatic heterocycles. The van der Waals surface area contributed by atoms with Crippen molar-refractivity contribution in [3.63, 3.8) is 0 Å². The number of carboxylic acid groups (broad SMARTS) is 1. The Bertz CT molecular complexity index is 426. The number of carboxylic acids is 1. The summed E-state index contributed by atoms with van der Waals surface area (Å²) in [5, 5.41) is 11.6. The van der Waals surface area contributed by atoms with Crippen molar-refractivity contribution in [2.45, 2.75) is 18.2 Å². The minimum Gasteiger partial charge on any atom is -0.480 e. The van der Waals surface area contributed by atoms with Gasteiger partial charge in [0.2, 0.25) is 5.91 Å². The van der Waals surface area contributed by atoms with E-state index in [0.717, 1.165) is 11.3 Å². The Balaban J connectivity index is 2.29. The number of benzene rings is 1. The van der Waals surface area contributed by atoms with Crippen LogP contribution in [-0.4, -0.2) is 40.8 Å². The minimum absolute atomic E-state index is 0.223. The zero-order valence-electron chi connectivity index (χ0n) is 11.4. The van der Waals surface area contributed by atoms with Gasteiger partial charge in [-0.2, -0.15) is 11.8 Å². The lowest BCUT2D eigenvalue weighted by Crippen LogP contribution is -2.42. The molecule has 1 amide bonds. The highest BCUT2D eigenvalue weighted by molar-refractivity contribution is 7.99. The molecule has 0 unspecified atom stereocenters. The Hall–Kier alpha value is -1.14. The SMILES string of the molecule is CSCC[C@H](NC(=O)CSCc1ccccc1)C(=O)O. The molecule has 1 atom stereocenters. The second-order valence-corrected chi connectivity index (χ2v) is 6.19. The summed E-state index contributed by atoms with van der Waals surface area (Å²) in [5.41, 5.74) is 1.16. The summed E-state index contributed by atoms with van der Waals surface area (Å²) in [5.74, 6) is 0.545. The first-order chi connectivity index (χ1) is 9.63. The summed E-state index contributed by atoms with van der Waals surface area (Å²) >= 11 is 3.05. The standard InChI is InChI=1S/C14H19NO3S2/c1-19-8-7-12(14(17)18)15-13(16)10-20-9-11-5-3-2-4-6-11/h2-6,12H,7-10H2,1H3,(H,15,16)(H,17,18)/t12-/m0/s1. The van der Waals surface area contributed by atoms with Gasteiger partial charge in [0.15, 0.2) is 0 Å². The molecule has 0 aliphatic rings. The first-order valence-corrected chi connectivity index (χ1v) is 8.81. The molecular formula is C14H19NO3S2. The highest BCUT2D eigenvalue weighted by atomic mass is 32.2. The van der Waals surface area contributed by atoms with Gasteiger partial charge < -0.3 is 10.4 Å². The second-order valence-electron chi connectivity index (χ2n) is 4.22. The van der Waals surface area contributed by atoms with E-state index in [2.05, 4.69) is 5.32 Å². The molecule has 0 aromatic heterocycles. The van der Waals surface area contributed by atoms with Crippen molar-refractivity contribution in [1.82, 2.24) is 5.32 Å². The molecule has 0 heterocycles. The maximum absolute atomic E-state index is 11.7. The van der Waals surface area contributed by atoms with Gasteiger partial charge in [-0.25, -0.2) is 4.79 Å². The van der Waals surface area contributed by atoms with Crippen LogP contribution in [0, 0.1) is 0 Å². The van der Waals surface area contributed by atoms with Crippen molar-refractivity contribution in [2.24, 2.45) is 0 Å². The normalized spacial score (nSPS) is 11.8. The Labute approximate surface area is 127 Å². The van der Waals surface area contributed by atoms with Gasteiger partial charge >= 0.3 is 5.97 Å². The quantitative estimate of drug-likeness (QED) is 0.732. The fraction of sp³-hybridized carbons (Fsp3) is 0.429. The van der Waals surface area contributed by atoms with Crippen LogP contribution in [-0.2, 0) is 15.3 Å². The molecular weight excluding hydrogens is 294 g/mol. The van der Waals surface area contributed by atoms with Crippen molar-refractivity contribution in [1.29, 1.82) is 0 Å². The van der Waals surface area contributed by atoms with E-state index in [1.165, 1.54) is 11.8 Å². The monoisotopic (exact) mass is 313 g/mol. The third kappa shape index (κ3) is 6.86. The summed E-state index contributed by atoms with van der Waals surface area (Å²) in [6.45, 7) is 0. The molecule has 0 saturated carbocycles. The van der Waals surface area contributed by atoms with E-state index in [0.29, 0.717) is 12.2 Å². The van der Waals surface area contributed by atoms with E-state index in [4.69, 9.17) is 5.11 Å². The van der Waals surface area contributed by atoms with Crippen LogP contribution >= 0.6 is 23.5 Å². The largest absolute Gasteiger partial charge is 0.480 e. The minimum atomic E-state index is -0.972. The maximum Gasteiger partial charge on any atom is 0.326 e. The van der Waals surface area contributed by atoms with Crippen LogP contribution < -0.4 is 5.32 Å². The average Bonchev–Trinajstić information content (AvgIpc) is 2.44. The van der Waals surface area contributed by atoms with E-state index >= 15 is 0 Å². The third-order valence-corrected chi connectivity index (χ3v) is 4.24. The van der Waals surface area contributed by atoms with Gasteiger partial charge in [0.05, 0.1) is 5.75 Å². The van der Waals surface area contributed by atoms with Crippen LogP contribution in [0.1, 0.15) is 12.0 Å². The lowest BCUT2D eigenvalue weighted by Gasteiger charge is -2.13. The summed E-state index contributed by atoms with van der Waals surface area (Å²) in [4.78, 5) is 22.7. The van der Waals surface area contributed by atoms with Crippen molar-refractivity contribution < 1.29 is 14.7 Å². The Morgan fingerprint density at radius 3 is 2.60 bits per heavy atom. The number of thioether (sulfide) groups is 2. The fourth-order valence-electron chi connectivity index (χ4n) is 1.56. The van der Waals surface area contributed by atoms with Crippen LogP contribution in [0.25, 0.3) is 0 Å². The van der Waals surface area contributed by atoms with Gasteiger partial charge in [-0.3, -0.25) is 4.79 Å². The van der Waals surface area contributed by atoms with Gasteiger partial charge in [-0.15, -0.1) is 11.8 Å². The molecule has 1 rings (SSSR count). The van der Waals surface area contributed by atoms with E-state index in [-0.39, 0.29) is 11.7 Å². The lowest BCUT2D eigenvalue weighted by molar-refractivity contribution is -0.141. The van der Waals surface area contributed by atoms with E-state index in [9.17, 15) is 9.59 Å². The van der Waals surface area contributed by atoms with Gasteiger partial charge in [0.25, 0.3) is 0 Å². The van der Waals surface area contributed by atoms with Gasteiger partial charge in [0, 0.05) is 5.75 Å². The highest BCUT2D eigenvalue weighted by Crippen LogP contribution is 2.11. The molecule has 2 N–H and O–H groups in total. The van der Waals surface area contributed by atoms with E-state index in [1.54, 1.807) is 11.8 Å². The summed E-state index contributed by atoms with van der Waals surface area (Å²) in [6, 6.07) is 9.08. The summed E-state index contributed by atoms with van der Waals surface area (Å²) in [7, 11) is 0. The van der Waals surface area contributed by atoms with Crippen molar-refractivity contribution in [3.8, 4) is 0 Å². The van der Waals surface area contributed by atoms with E-state index < -0.39 is 12.0 Å². The van der Waals surface area contributed by atoms with E-state index in [1.807, 2.05) is 36.6 Å². The second kappa shape index (κ2) is 9.72. The third-order valence-electron chi connectivity index (χ3n) is 2.59. The Morgan fingerprint density at radius 1 is 1.30 bits per heavy atom. The van der Waals surface area contributed by atoms with Gasteiger partial charge in [-0.1, -0.05) is 30.3 Å². The topological polar surface area (TPSA) is 66.4 Å². The van der Waals surface area contributed by atoms with Crippen molar-refractivity contribution in [3.05, 3.63) is 35.9 Å². The molecule has 0 fully saturated rings. The first kappa shape index (κ1) is 16.9. The van der Waals surface area contributed by atoms with Crippen LogP contribution in [0.2, 0.25) is 0 Å². The fourth-order valence-corrected chi connectivity index (χ4v) is 2.84. The molecule has 110 valence electrons. The number of hydrogen-bond acceptors (Lipinski definition) is 4. The first-order valence-electron chi connectivity index (χ1n) is 6.26. The molecule has 0 aliphatic carbocycles. The molecule has 4 nitrogen and oxygen atoms in total. The molecule has 6 heteroatoms. The van der Waals surface area contributed by atoms with Crippen LogP contribution in [0.4, 0.5) is 0 Å². The summed E-state index contributed by atoms with van der Waals surface area (Å²) in [6.07, 6.45) is 2.36. The predicted octanol–water partition coefficient (Wildman–Crippen LogP) is 2.24. The number of carbonyl (C=O) groups is 2. The number of aliphatic carboxylic acids is 1. The maximum atomic E-state index is 11.7. The van der Waals surface area contributed by atoms with Gasteiger partial charge in [-0.05, 0) is 24.0 Å². The number of hydrogen-bond donors (Lipinski definition) is 2. The van der Waals surface area contributed by atoms with Gasteiger partial charge in [0.1, 0.15) is 6.04 Å². The number of rotatable bonds is 9. The molecule has 1 aromatic rings. The van der Waals surface area contributed by atoms with Crippen LogP contribution in [0.5, 0.6) is 0 Å². The zero-order valence-corrected chi connectivity index (χ0v) is 13.0. The Kier molecular flexibility index (Phi) is 8.22. The summed E-state index contributed by atoms with van der Waals surface area (Å²) < 4.78 is 0. The lowest BCUT2D eigenvalue weighted by atomic mass is 10.2. The molecule has 0 radical (unpaired) electrons. The zero-order chi connectivity index (χ0) is 14.8. The van der Waals surface area contributed by atoms with Crippen LogP contribution in [0.15, 0.2) is 30.3 Å².